The van der Waals surface area contributed by atoms with Crippen LogP contribution >= 0.6 is 0 Å². The molecule has 0 spiro atoms. The van der Waals surface area contributed by atoms with Crippen LogP contribution in [0.15, 0.2) is 43.0 Å². The van der Waals surface area contributed by atoms with Crippen molar-refractivity contribution in [2.45, 2.75) is 19.1 Å². The third kappa shape index (κ3) is 5.83. The molecule has 102 valence electrons. The van der Waals surface area contributed by atoms with E-state index in [0.717, 1.165) is 5.56 Å². The predicted octanol–water partition coefficient (Wildman–Crippen LogP) is 1.21. The average molecular weight is 264 g/mol. The normalized spacial score (nSPS) is 11.4. The van der Waals surface area contributed by atoms with Gasteiger partial charge in [-0.3, -0.25) is 4.79 Å². The van der Waals surface area contributed by atoms with Gasteiger partial charge in [0.15, 0.2) is 6.10 Å². The summed E-state index contributed by atoms with van der Waals surface area (Å²) in [6.45, 7) is 3.48. The molecule has 0 radical (unpaired) electrons. The van der Waals surface area contributed by atoms with Gasteiger partial charge < -0.3 is 14.6 Å². The molecular weight excluding hydrogens is 248 g/mol. The highest BCUT2D eigenvalue weighted by Gasteiger charge is 2.21. The van der Waals surface area contributed by atoms with Crippen LogP contribution in [0.3, 0.4) is 0 Å². The molecule has 0 amide bonds. The number of ether oxygens (including phenoxy) is 2. The first-order chi connectivity index (χ1) is 9.13. The van der Waals surface area contributed by atoms with E-state index in [1.165, 1.54) is 6.08 Å². The van der Waals surface area contributed by atoms with Gasteiger partial charge in [0.05, 0.1) is 6.42 Å². The molecule has 0 aliphatic rings. The molecule has 1 aromatic carbocycles. The Bertz CT molecular complexity index is 427. The summed E-state index contributed by atoms with van der Waals surface area (Å²) in [6, 6.07) is 9.05. The van der Waals surface area contributed by atoms with Crippen LogP contribution in [0.25, 0.3) is 0 Å². The first-order valence-electron chi connectivity index (χ1n) is 5.78. The summed E-state index contributed by atoms with van der Waals surface area (Å²) < 4.78 is 9.53. The van der Waals surface area contributed by atoms with E-state index in [9.17, 15) is 14.7 Å². The fraction of sp³-hybridized carbons (Fsp3) is 0.286. The van der Waals surface area contributed by atoms with Crippen molar-refractivity contribution in [2.24, 2.45) is 0 Å². The van der Waals surface area contributed by atoms with Crippen LogP contribution in [0, 0.1) is 0 Å². The van der Waals surface area contributed by atoms with E-state index in [1.807, 2.05) is 18.2 Å². The van der Waals surface area contributed by atoms with E-state index >= 15 is 0 Å². The van der Waals surface area contributed by atoms with Crippen LogP contribution in [0.2, 0.25) is 0 Å². The number of carbonyl (C=O) groups is 2. The Kier molecular flexibility index (Phi) is 6.32. The van der Waals surface area contributed by atoms with Crippen molar-refractivity contribution in [1.82, 2.24) is 0 Å². The summed E-state index contributed by atoms with van der Waals surface area (Å²) in [7, 11) is 0. The number of carbonyl (C=O) groups excluding carboxylic acids is 2. The Balaban J connectivity index is 2.32. The van der Waals surface area contributed by atoms with Gasteiger partial charge in [0, 0.05) is 0 Å². The number of hydrogen-bond donors (Lipinski definition) is 1. The fourth-order valence-corrected chi connectivity index (χ4v) is 1.28. The van der Waals surface area contributed by atoms with Gasteiger partial charge in [-0.05, 0) is 5.56 Å². The van der Waals surface area contributed by atoms with E-state index < -0.39 is 24.5 Å². The lowest BCUT2D eigenvalue weighted by molar-refractivity contribution is -0.160. The lowest BCUT2D eigenvalue weighted by Gasteiger charge is -2.10. The first-order valence-corrected chi connectivity index (χ1v) is 5.78. The van der Waals surface area contributed by atoms with Crippen molar-refractivity contribution in [3.05, 3.63) is 48.6 Å². The van der Waals surface area contributed by atoms with Crippen LogP contribution in [0.1, 0.15) is 12.0 Å². The first kappa shape index (κ1) is 14.9. The van der Waals surface area contributed by atoms with Gasteiger partial charge in [-0.25, -0.2) is 4.79 Å². The minimum atomic E-state index is -1.51. The van der Waals surface area contributed by atoms with E-state index in [2.05, 4.69) is 11.3 Å². The second kappa shape index (κ2) is 8.05. The molecule has 0 saturated heterocycles. The van der Waals surface area contributed by atoms with Gasteiger partial charge in [0.1, 0.15) is 13.2 Å². The van der Waals surface area contributed by atoms with Crippen LogP contribution in [-0.2, 0) is 25.7 Å². The summed E-state index contributed by atoms with van der Waals surface area (Å²) in [4.78, 5) is 22.6. The van der Waals surface area contributed by atoms with E-state index in [4.69, 9.17) is 4.74 Å². The molecule has 1 aromatic rings. The Morgan fingerprint density at radius 1 is 1.26 bits per heavy atom. The SMILES string of the molecule is C=CCOC(=O)CC(O)C(=O)OCc1ccccc1. The summed E-state index contributed by atoms with van der Waals surface area (Å²) in [5.74, 6) is -1.52. The molecule has 1 atom stereocenters. The second-order valence-electron chi connectivity index (χ2n) is 3.78. The molecule has 0 bridgehead atoms. The van der Waals surface area contributed by atoms with Crippen LogP contribution in [-0.4, -0.2) is 29.8 Å². The third-order valence-corrected chi connectivity index (χ3v) is 2.22. The van der Waals surface area contributed by atoms with Gasteiger partial charge in [-0.2, -0.15) is 0 Å². The zero-order valence-corrected chi connectivity index (χ0v) is 10.5. The van der Waals surface area contributed by atoms with Gasteiger partial charge in [0.25, 0.3) is 0 Å². The molecule has 0 aliphatic heterocycles. The zero-order valence-electron chi connectivity index (χ0n) is 10.5. The quantitative estimate of drug-likeness (QED) is 0.592. The monoisotopic (exact) mass is 264 g/mol. The maximum Gasteiger partial charge on any atom is 0.335 e. The van der Waals surface area contributed by atoms with Gasteiger partial charge >= 0.3 is 11.9 Å². The van der Waals surface area contributed by atoms with Crippen molar-refractivity contribution >= 4 is 11.9 Å². The van der Waals surface area contributed by atoms with E-state index in [-0.39, 0.29) is 13.2 Å². The molecule has 5 nitrogen and oxygen atoms in total. The smallest absolute Gasteiger partial charge is 0.335 e. The standard InChI is InChI=1S/C14H16O5/c1-2-8-18-13(16)9-12(15)14(17)19-10-11-6-4-3-5-7-11/h2-7,12,15H,1,8-10H2. The van der Waals surface area contributed by atoms with Gasteiger partial charge in [-0.15, -0.1) is 0 Å². The summed E-state index contributed by atoms with van der Waals surface area (Å²) >= 11 is 0. The van der Waals surface area contributed by atoms with Crippen molar-refractivity contribution in [3.63, 3.8) is 0 Å². The average Bonchev–Trinajstić information content (AvgIpc) is 2.43. The van der Waals surface area contributed by atoms with Crippen LogP contribution < -0.4 is 0 Å². The Morgan fingerprint density at radius 3 is 2.58 bits per heavy atom. The number of aliphatic hydroxyl groups excluding tert-OH is 1. The van der Waals surface area contributed by atoms with Crippen LogP contribution in [0.4, 0.5) is 0 Å². The molecule has 0 saturated carbocycles. The number of esters is 2. The summed E-state index contributed by atoms with van der Waals surface area (Å²) in [5, 5.41) is 9.46. The maximum atomic E-state index is 11.4. The number of hydrogen-bond acceptors (Lipinski definition) is 5. The molecule has 0 aromatic heterocycles. The largest absolute Gasteiger partial charge is 0.461 e. The zero-order chi connectivity index (χ0) is 14.1. The lowest BCUT2D eigenvalue weighted by atomic mass is 10.2. The molecule has 5 heteroatoms. The highest BCUT2D eigenvalue weighted by atomic mass is 16.6. The highest BCUT2D eigenvalue weighted by molar-refractivity contribution is 5.81. The minimum Gasteiger partial charge on any atom is -0.461 e. The minimum absolute atomic E-state index is 0.0462. The molecule has 0 aliphatic carbocycles. The molecule has 1 unspecified atom stereocenters. The Morgan fingerprint density at radius 2 is 1.95 bits per heavy atom. The van der Waals surface area contributed by atoms with E-state index in [1.54, 1.807) is 12.1 Å². The van der Waals surface area contributed by atoms with Gasteiger partial charge in [-0.1, -0.05) is 43.0 Å². The van der Waals surface area contributed by atoms with Crippen molar-refractivity contribution in [2.75, 3.05) is 6.61 Å². The molecular formula is C14H16O5. The highest BCUT2D eigenvalue weighted by Crippen LogP contribution is 2.04. The summed E-state index contributed by atoms with van der Waals surface area (Å²) in [5.41, 5.74) is 0.803. The molecule has 1 N–H and O–H groups in total. The topological polar surface area (TPSA) is 72.8 Å². The Hall–Kier alpha value is -2.14. The number of benzene rings is 1. The third-order valence-electron chi connectivity index (χ3n) is 2.22. The molecule has 1 rings (SSSR count). The molecule has 19 heavy (non-hydrogen) atoms. The van der Waals surface area contributed by atoms with Crippen molar-refractivity contribution < 1.29 is 24.2 Å². The fourth-order valence-electron chi connectivity index (χ4n) is 1.28. The van der Waals surface area contributed by atoms with Crippen molar-refractivity contribution in [3.8, 4) is 0 Å². The number of aliphatic hydroxyl groups is 1. The Labute approximate surface area is 111 Å². The lowest BCUT2D eigenvalue weighted by Crippen LogP contribution is -2.26. The predicted molar refractivity (Wildman–Crippen MR) is 68.0 cm³/mol. The second-order valence-corrected chi connectivity index (χ2v) is 3.78. The number of rotatable bonds is 7. The maximum absolute atomic E-state index is 11.4. The van der Waals surface area contributed by atoms with Crippen LogP contribution in [0.5, 0.6) is 0 Å². The molecule has 0 fully saturated rings. The molecule has 0 heterocycles. The summed E-state index contributed by atoms with van der Waals surface area (Å²) in [6.07, 6.45) is -0.541. The van der Waals surface area contributed by atoms with Gasteiger partial charge in [0.2, 0.25) is 0 Å². The van der Waals surface area contributed by atoms with Crippen molar-refractivity contribution in [1.29, 1.82) is 0 Å². The van der Waals surface area contributed by atoms with E-state index in [0.29, 0.717) is 0 Å².